The molecule has 2 rings (SSSR count). The first-order valence-electron chi connectivity index (χ1n) is 7.18. The summed E-state index contributed by atoms with van der Waals surface area (Å²) < 4.78 is 0. The van der Waals surface area contributed by atoms with Crippen LogP contribution >= 0.6 is 0 Å². The molecule has 1 fully saturated rings. The number of carbonyl (C=O) groups is 1. The topological polar surface area (TPSA) is 49.3 Å². The largest absolute Gasteiger partial charge is 0.478 e. The second-order valence-corrected chi connectivity index (χ2v) is 5.72. The molecule has 0 saturated heterocycles. The Hall–Kier alpha value is -1.51. The highest BCUT2D eigenvalue weighted by Gasteiger charge is 2.21. The average Bonchev–Trinajstić information content (AvgIpc) is 2.57. The maximum absolute atomic E-state index is 11.3. The first-order chi connectivity index (χ1) is 9.08. The number of anilines is 1. The van der Waals surface area contributed by atoms with Gasteiger partial charge in [0.1, 0.15) is 0 Å². The van der Waals surface area contributed by atoms with Crippen molar-refractivity contribution < 1.29 is 9.90 Å². The summed E-state index contributed by atoms with van der Waals surface area (Å²) in [7, 11) is 0. The maximum Gasteiger partial charge on any atom is 0.337 e. The molecule has 1 aliphatic carbocycles. The van der Waals surface area contributed by atoms with Crippen molar-refractivity contribution in [1.29, 1.82) is 0 Å². The minimum Gasteiger partial charge on any atom is -0.478 e. The Labute approximate surface area is 115 Å². The first-order valence-corrected chi connectivity index (χ1v) is 7.18. The van der Waals surface area contributed by atoms with E-state index in [1.54, 1.807) is 6.07 Å². The molecule has 2 N–H and O–H groups in total. The van der Waals surface area contributed by atoms with Gasteiger partial charge in [0.25, 0.3) is 0 Å². The Morgan fingerprint density at radius 1 is 1.26 bits per heavy atom. The van der Waals surface area contributed by atoms with Gasteiger partial charge < -0.3 is 10.4 Å². The number of benzene rings is 1. The summed E-state index contributed by atoms with van der Waals surface area (Å²) in [6, 6.07) is 6.00. The van der Waals surface area contributed by atoms with E-state index >= 15 is 0 Å². The Kier molecular flexibility index (Phi) is 4.46. The summed E-state index contributed by atoms with van der Waals surface area (Å²) in [4.78, 5) is 11.3. The highest BCUT2D eigenvalue weighted by molar-refractivity contribution is 5.94. The molecule has 3 heteroatoms. The van der Waals surface area contributed by atoms with Crippen molar-refractivity contribution in [2.24, 2.45) is 5.92 Å². The fourth-order valence-corrected chi connectivity index (χ4v) is 2.87. The van der Waals surface area contributed by atoms with E-state index in [2.05, 4.69) is 12.2 Å². The molecule has 2 unspecified atom stereocenters. The van der Waals surface area contributed by atoms with Gasteiger partial charge in [0, 0.05) is 11.7 Å². The lowest BCUT2D eigenvalue weighted by atomic mass is 9.96. The van der Waals surface area contributed by atoms with E-state index in [4.69, 9.17) is 0 Å². The maximum atomic E-state index is 11.3. The summed E-state index contributed by atoms with van der Waals surface area (Å²) in [5, 5.41) is 12.8. The Morgan fingerprint density at radius 2 is 2.00 bits per heavy atom. The molecule has 0 bridgehead atoms. The molecule has 0 spiro atoms. The van der Waals surface area contributed by atoms with Gasteiger partial charge in [-0.2, -0.15) is 0 Å². The molecular formula is C16H23NO2. The predicted molar refractivity (Wildman–Crippen MR) is 77.8 cm³/mol. The summed E-state index contributed by atoms with van der Waals surface area (Å²) in [5.41, 5.74) is 2.13. The van der Waals surface area contributed by atoms with Crippen LogP contribution in [0.3, 0.4) is 0 Å². The lowest BCUT2D eigenvalue weighted by Crippen LogP contribution is -2.27. The van der Waals surface area contributed by atoms with Gasteiger partial charge in [-0.3, -0.25) is 0 Å². The summed E-state index contributed by atoms with van der Waals surface area (Å²) >= 11 is 0. The van der Waals surface area contributed by atoms with E-state index in [0.29, 0.717) is 17.5 Å². The van der Waals surface area contributed by atoms with E-state index in [0.717, 1.165) is 17.7 Å². The fourth-order valence-electron chi connectivity index (χ4n) is 2.87. The predicted octanol–water partition coefficient (Wildman–Crippen LogP) is 4.07. The zero-order valence-corrected chi connectivity index (χ0v) is 11.8. The number of carboxylic acids is 1. The van der Waals surface area contributed by atoms with Gasteiger partial charge in [0.05, 0.1) is 5.56 Å². The van der Waals surface area contributed by atoms with Gasteiger partial charge in [-0.05, 0) is 37.8 Å². The molecule has 104 valence electrons. The molecule has 0 amide bonds. The molecule has 1 aliphatic rings. The molecule has 0 aliphatic heterocycles. The zero-order valence-electron chi connectivity index (χ0n) is 11.8. The van der Waals surface area contributed by atoms with E-state index in [1.165, 1.54) is 25.7 Å². The third-order valence-electron chi connectivity index (χ3n) is 4.11. The number of rotatable bonds is 3. The van der Waals surface area contributed by atoms with E-state index in [9.17, 15) is 9.90 Å². The third kappa shape index (κ3) is 3.49. The summed E-state index contributed by atoms with van der Waals surface area (Å²) in [6.45, 7) is 4.18. The van der Waals surface area contributed by atoms with Crippen LogP contribution in [0, 0.1) is 12.8 Å². The van der Waals surface area contributed by atoms with Crippen LogP contribution in [0.25, 0.3) is 0 Å². The number of hydrogen-bond acceptors (Lipinski definition) is 2. The van der Waals surface area contributed by atoms with Crippen LogP contribution < -0.4 is 5.32 Å². The van der Waals surface area contributed by atoms with Crippen molar-refractivity contribution in [2.75, 3.05) is 5.32 Å². The van der Waals surface area contributed by atoms with Crippen LogP contribution in [0.2, 0.25) is 0 Å². The van der Waals surface area contributed by atoms with Gasteiger partial charge in [-0.1, -0.05) is 37.8 Å². The van der Waals surface area contributed by atoms with Gasteiger partial charge in [-0.15, -0.1) is 0 Å². The van der Waals surface area contributed by atoms with Crippen molar-refractivity contribution in [3.05, 3.63) is 29.3 Å². The number of carboxylic acid groups (broad SMARTS) is 1. The second-order valence-electron chi connectivity index (χ2n) is 5.72. The lowest BCUT2D eigenvalue weighted by molar-refractivity contribution is 0.0697. The number of nitrogens with one attached hydrogen (secondary N) is 1. The van der Waals surface area contributed by atoms with Crippen LogP contribution in [0.15, 0.2) is 18.2 Å². The van der Waals surface area contributed by atoms with Crippen molar-refractivity contribution in [3.8, 4) is 0 Å². The number of aromatic carboxylic acids is 1. The van der Waals surface area contributed by atoms with Gasteiger partial charge in [-0.25, -0.2) is 4.79 Å². The zero-order chi connectivity index (χ0) is 13.8. The molecule has 1 aromatic rings. The molecule has 1 aromatic carbocycles. The van der Waals surface area contributed by atoms with Crippen LogP contribution in [-0.2, 0) is 0 Å². The molecule has 1 saturated carbocycles. The van der Waals surface area contributed by atoms with Crippen LogP contribution in [0.1, 0.15) is 54.9 Å². The first kappa shape index (κ1) is 13.9. The van der Waals surface area contributed by atoms with E-state index < -0.39 is 5.97 Å². The monoisotopic (exact) mass is 261 g/mol. The Morgan fingerprint density at radius 3 is 2.74 bits per heavy atom. The molecule has 19 heavy (non-hydrogen) atoms. The minimum atomic E-state index is -0.854. The van der Waals surface area contributed by atoms with E-state index in [-0.39, 0.29) is 0 Å². The van der Waals surface area contributed by atoms with Gasteiger partial charge in [0.15, 0.2) is 0 Å². The SMILES string of the molecule is Cc1ccc(NC2CCCCCC2C)c(C(=O)O)c1. The third-order valence-corrected chi connectivity index (χ3v) is 4.11. The fraction of sp³-hybridized carbons (Fsp3) is 0.562. The Balaban J connectivity index is 2.19. The molecular weight excluding hydrogens is 238 g/mol. The summed E-state index contributed by atoms with van der Waals surface area (Å²) in [6.07, 6.45) is 6.18. The van der Waals surface area contributed by atoms with Crippen molar-refractivity contribution in [2.45, 2.75) is 52.0 Å². The molecule has 3 nitrogen and oxygen atoms in total. The molecule has 0 heterocycles. The lowest BCUT2D eigenvalue weighted by Gasteiger charge is -2.25. The number of hydrogen-bond donors (Lipinski definition) is 2. The van der Waals surface area contributed by atoms with Crippen molar-refractivity contribution in [3.63, 3.8) is 0 Å². The molecule has 0 aromatic heterocycles. The smallest absolute Gasteiger partial charge is 0.337 e. The van der Waals surface area contributed by atoms with Crippen LogP contribution in [0.4, 0.5) is 5.69 Å². The Bertz CT molecular complexity index is 456. The van der Waals surface area contributed by atoms with Crippen molar-refractivity contribution >= 4 is 11.7 Å². The molecule has 2 atom stereocenters. The van der Waals surface area contributed by atoms with Crippen molar-refractivity contribution in [1.82, 2.24) is 0 Å². The van der Waals surface area contributed by atoms with Crippen LogP contribution in [-0.4, -0.2) is 17.1 Å². The standard InChI is InChI=1S/C16H23NO2/c1-11-8-9-15(13(10-11)16(18)19)17-14-7-5-3-4-6-12(14)2/h8-10,12,14,17H,3-7H2,1-2H3,(H,18,19). The minimum absolute atomic E-state index is 0.386. The quantitative estimate of drug-likeness (QED) is 0.806. The highest BCUT2D eigenvalue weighted by Crippen LogP contribution is 2.27. The average molecular weight is 261 g/mol. The van der Waals surface area contributed by atoms with Gasteiger partial charge >= 0.3 is 5.97 Å². The van der Waals surface area contributed by atoms with Crippen LogP contribution in [0.5, 0.6) is 0 Å². The summed E-state index contributed by atoms with van der Waals surface area (Å²) in [5.74, 6) is -0.252. The highest BCUT2D eigenvalue weighted by atomic mass is 16.4. The van der Waals surface area contributed by atoms with E-state index in [1.807, 2.05) is 19.1 Å². The molecule has 0 radical (unpaired) electrons. The second kappa shape index (κ2) is 6.09. The number of aryl methyl sites for hydroxylation is 1. The van der Waals surface area contributed by atoms with Gasteiger partial charge in [0.2, 0.25) is 0 Å². The normalized spacial score (nSPS) is 23.7.